The minimum absolute atomic E-state index is 0.0987. The molecule has 1 aromatic heterocycles. The van der Waals surface area contributed by atoms with Gasteiger partial charge in [0.2, 0.25) is 5.91 Å². The van der Waals surface area contributed by atoms with Gasteiger partial charge in [0.25, 0.3) is 0 Å². The number of alkyl halides is 3. The van der Waals surface area contributed by atoms with Crippen LogP contribution < -0.4 is 0 Å². The van der Waals surface area contributed by atoms with E-state index in [-0.39, 0.29) is 29.6 Å². The molecular weight excluding hydrogens is 292 g/mol. The lowest BCUT2D eigenvalue weighted by Crippen LogP contribution is -2.21. The standard InChI is InChI=1S/C10H9Cl2F3N2O/c1-6(18)17(12)3-2-9-8(11)4-7(5-16-9)10(13,14)15/h4-5H,2-3H2,1H3. The first-order chi connectivity index (χ1) is 8.21. The van der Waals surface area contributed by atoms with E-state index < -0.39 is 11.7 Å². The molecule has 8 heteroatoms. The van der Waals surface area contributed by atoms with Crippen LogP contribution in [0.1, 0.15) is 18.2 Å². The van der Waals surface area contributed by atoms with Crippen LogP contribution in [0.15, 0.2) is 12.3 Å². The summed E-state index contributed by atoms with van der Waals surface area (Å²) in [5, 5.41) is -0.0987. The Hall–Kier alpha value is -1.01. The maximum Gasteiger partial charge on any atom is 0.417 e. The molecule has 0 fully saturated rings. The summed E-state index contributed by atoms with van der Waals surface area (Å²) in [6, 6.07) is 0.802. The molecule has 0 aliphatic heterocycles. The topological polar surface area (TPSA) is 33.2 Å². The Morgan fingerprint density at radius 3 is 2.56 bits per heavy atom. The molecule has 18 heavy (non-hydrogen) atoms. The van der Waals surface area contributed by atoms with Crippen LogP contribution in [0.5, 0.6) is 0 Å². The molecule has 0 aliphatic rings. The van der Waals surface area contributed by atoms with E-state index in [1.807, 2.05) is 0 Å². The van der Waals surface area contributed by atoms with Gasteiger partial charge in [-0.05, 0) is 6.07 Å². The highest BCUT2D eigenvalue weighted by molar-refractivity contribution is 6.31. The summed E-state index contributed by atoms with van der Waals surface area (Å²) in [4.78, 5) is 14.5. The monoisotopic (exact) mass is 300 g/mol. The molecular formula is C10H9Cl2F3N2O. The number of nitrogens with zero attached hydrogens (tertiary/aromatic N) is 2. The summed E-state index contributed by atoms with van der Waals surface area (Å²) in [6.45, 7) is 1.39. The van der Waals surface area contributed by atoms with Crippen molar-refractivity contribution in [1.29, 1.82) is 0 Å². The number of pyridine rings is 1. The molecule has 0 aromatic carbocycles. The zero-order chi connectivity index (χ0) is 13.9. The molecule has 100 valence electrons. The molecule has 0 spiro atoms. The van der Waals surface area contributed by atoms with Gasteiger partial charge in [0.15, 0.2) is 0 Å². The zero-order valence-electron chi connectivity index (χ0n) is 9.26. The second kappa shape index (κ2) is 5.75. The fraction of sp³-hybridized carbons (Fsp3) is 0.400. The van der Waals surface area contributed by atoms with Crippen LogP contribution in [0.3, 0.4) is 0 Å². The fourth-order valence-electron chi connectivity index (χ4n) is 1.17. The highest BCUT2D eigenvalue weighted by atomic mass is 35.5. The Balaban J connectivity index is 2.78. The van der Waals surface area contributed by atoms with Crippen molar-refractivity contribution in [1.82, 2.24) is 9.40 Å². The summed E-state index contributed by atoms with van der Waals surface area (Å²) in [6.07, 6.45) is -3.60. The Morgan fingerprint density at radius 2 is 2.11 bits per heavy atom. The molecule has 0 unspecified atom stereocenters. The predicted octanol–water partition coefficient (Wildman–Crippen LogP) is 3.30. The number of hydrogen-bond acceptors (Lipinski definition) is 2. The van der Waals surface area contributed by atoms with Crippen LogP contribution in [0, 0.1) is 0 Å². The largest absolute Gasteiger partial charge is 0.417 e. The normalized spacial score (nSPS) is 11.4. The number of carbonyl (C=O) groups excluding carboxylic acids is 1. The van der Waals surface area contributed by atoms with Gasteiger partial charge in [-0.3, -0.25) is 14.2 Å². The third-order valence-electron chi connectivity index (χ3n) is 2.13. The minimum Gasteiger partial charge on any atom is -0.274 e. The molecule has 1 heterocycles. The molecule has 0 saturated carbocycles. The summed E-state index contributed by atoms with van der Waals surface area (Å²) >= 11 is 11.2. The van der Waals surface area contributed by atoms with Crippen LogP contribution in [0.4, 0.5) is 13.2 Å². The number of amides is 1. The van der Waals surface area contributed by atoms with Gasteiger partial charge < -0.3 is 0 Å². The van der Waals surface area contributed by atoms with Gasteiger partial charge in [-0.1, -0.05) is 11.6 Å². The maximum atomic E-state index is 12.3. The first-order valence-electron chi connectivity index (χ1n) is 4.87. The summed E-state index contributed by atoms with van der Waals surface area (Å²) < 4.78 is 38.0. The van der Waals surface area contributed by atoms with Gasteiger partial charge in [0, 0.05) is 37.9 Å². The van der Waals surface area contributed by atoms with Crippen molar-refractivity contribution in [2.24, 2.45) is 0 Å². The number of halogens is 5. The molecule has 1 amide bonds. The molecule has 0 bridgehead atoms. The Morgan fingerprint density at radius 1 is 1.50 bits per heavy atom. The van der Waals surface area contributed by atoms with Crippen molar-refractivity contribution < 1.29 is 18.0 Å². The van der Waals surface area contributed by atoms with Crippen molar-refractivity contribution in [2.75, 3.05) is 6.54 Å². The van der Waals surface area contributed by atoms with Crippen molar-refractivity contribution in [3.8, 4) is 0 Å². The summed E-state index contributed by atoms with van der Waals surface area (Å²) in [7, 11) is 0. The highest BCUT2D eigenvalue weighted by Gasteiger charge is 2.31. The average Bonchev–Trinajstić information content (AvgIpc) is 2.25. The van der Waals surface area contributed by atoms with Gasteiger partial charge in [0.1, 0.15) is 0 Å². The first kappa shape index (κ1) is 15.0. The second-order valence-corrected chi connectivity index (χ2v) is 4.32. The van der Waals surface area contributed by atoms with E-state index in [2.05, 4.69) is 4.98 Å². The minimum atomic E-state index is -4.48. The summed E-state index contributed by atoms with van der Waals surface area (Å²) in [5.41, 5.74) is -0.651. The Kier molecular flexibility index (Phi) is 4.81. The molecule has 0 saturated heterocycles. The van der Waals surface area contributed by atoms with Crippen LogP contribution in [0.25, 0.3) is 0 Å². The molecule has 1 aromatic rings. The lowest BCUT2D eigenvalue weighted by atomic mass is 10.2. The fourth-order valence-corrected chi connectivity index (χ4v) is 1.51. The molecule has 0 N–H and O–H groups in total. The summed E-state index contributed by atoms with van der Waals surface area (Å²) in [5.74, 6) is -0.361. The van der Waals surface area contributed by atoms with Gasteiger partial charge in [-0.15, -0.1) is 0 Å². The number of hydrogen-bond donors (Lipinski definition) is 0. The van der Waals surface area contributed by atoms with Gasteiger partial charge in [-0.2, -0.15) is 13.2 Å². The van der Waals surface area contributed by atoms with E-state index in [9.17, 15) is 18.0 Å². The maximum absolute atomic E-state index is 12.3. The van der Waals surface area contributed by atoms with Crippen LogP contribution in [0.2, 0.25) is 5.02 Å². The molecule has 0 radical (unpaired) electrons. The van der Waals surface area contributed by atoms with Crippen molar-refractivity contribution >= 4 is 29.3 Å². The molecule has 1 rings (SSSR count). The van der Waals surface area contributed by atoms with E-state index >= 15 is 0 Å². The van der Waals surface area contributed by atoms with Crippen LogP contribution in [-0.4, -0.2) is 21.9 Å². The Bertz CT molecular complexity index is 451. The lowest BCUT2D eigenvalue weighted by molar-refractivity contribution is -0.137. The second-order valence-electron chi connectivity index (χ2n) is 3.51. The molecule has 3 nitrogen and oxygen atoms in total. The number of aromatic nitrogens is 1. The van der Waals surface area contributed by atoms with E-state index in [4.69, 9.17) is 23.4 Å². The average molecular weight is 301 g/mol. The smallest absolute Gasteiger partial charge is 0.274 e. The van der Waals surface area contributed by atoms with Gasteiger partial charge in [-0.25, -0.2) is 0 Å². The predicted molar refractivity (Wildman–Crippen MR) is 61.2 cm³/mol. The van der Waals surface area contributed by atoms with Crippen molar-refractivity contribution in [3.63, 3.8) is 0 Å². The quantitative estimate of drug-likeness (QED) is 0.803. The van der Waals surface area contributed by atoms with Gasteiger partial charge in [0.05, 0.1) is 16.3 Å². The van der Waals surface area contributed by atoms with E-state index in [1.54, 1.807) is 0 Å². The third-order valence-corrected chi connectivity index (χ3v) is 2.87. The van der Waals surface area contributed by atoms with Gasteiger partial charge >= 0.3 is 6.18 Å². The van der Waals surface area contributed by atoms with E-state index in [1.165, 1.54) is 6.92 Å². The highest BCUT2D eigenvalue weighted by Crippen LogP contribution is 2.31. The number of rotatable bonds is 3. The SMILES string of the molecule is CC(=O)N(Cl)CCc1ncc(C(F)(F)F)cc1Cl. The van der Waals surface area contributed by atoms with Crippen LogP contribution in [-0.2, 0) is 17.4 Å². The zero-order valence-corrected chi connectivity index (χ0v) is 10.8. The third kappa shape index (κ3) is 4.03. The van der Waals surface area contributed by atoms with E-state index in [0.29, 0.717) is 6.20 Å². The van der Waals surface area contributed by atoms with Crippen molar-refractivity contribution in [3.05, 3.63) is 28.5 Å². The molecule has 0 atom stereocenters. The Labute approximate surface area is 112 Å². The molecule has 0 aliphatic carbocycles. The van der Waals surface area contributed by atoms with Crippen molar-refractivity contribution in [2.45, 2.75) is 19.5 Å². The van der Waals surface area contributed by atoms with Crippen LogP contribution >= 0.6 is 23.4 Å². The lowest BCUT2D eigenvalue weighted by Gasteiger charge is -2.12. The number of carbonyl (C=O) groups is 1. The first-order valence-corrected chi connectivity index (χ1v) is 5.59. The van der Waals surface area contributed by atoms with E-state index in [0.717, 1.165) is 10.5 Å².